The number of carbonyl (C=O) groups excluding carboxylic acids is 1. The van der Waals surface area contributed by atoms with E-state index in [9.17, 15) is 4.79 Å². The summed E-state index contributed by atoms with van der Waals surface area (Å²) in [4.78, 5) is 18.4. The summed E-state index contributed by atoms with van der Waals surface area (Å²) in [5.74, 6) is 0.814. The van der Waals surface area contributed by atoms with Crippen LogP contribution in [0.2, 0.25) is 0 Å². The Kier molecular flexibility index (Phi) is 4.43. The predicted octanol–water partition coefficient (Wildman–Crippen LogP) is 3.59. The smallest absolute Gasteiger partial charge is 0.227 e. The Hall–Kier alpha value is -1.88. The van der Waals surface area contributed by atoms with E-state index in [0.717, 1.165) is 35.7 Å². The lowest BCUT2D eigenvalue weighted by atomic mass is 9.90. The van der Waals surface area contributed by atoms with Crippen molar-refractivity contribution in [1.29, 1.82) is 0 Å². The zero-order valence-electron chi connectivity index (χ0n) is 12.9. The van der Waals surface area contributed by atoms with Crippen LogP contribution >= 0.6 is 11.3 Å². The first-order valence-electron chi connectivity index (χ1n) is 7.65. The van der Waals surface area contributed by atoms with Gasteiger partial charge in [-0.15, -0.1) is 11.3 Å². The number of hydrogen-bond donors (Lipinski definition) is 1. The highest BCUT2D eigenvalue weighted by atomic mass is 32.1. The number of benzene rings is 1. The zero-order valence-corrected chi connectivity index (χ0v) is 13.7. The SMILES string of the molecule is CCOc1ccccc1NC(=O)C1CCc2nc(C)sc2C1. The molecule has 22 heavy (non-hydrogen) atoms. The molecule has 0 saturated carbocycles. The number of carbonyl (C=O) groups is 1. The Balaban J connectivity index is 1.71. The Morgan fingerprint density at radius 3 is 3.09 bits per heavy atom. The summed E-state index contributed by atoms with van der Waals surface area (Å²) in [5, 5.41) is 4.11. The van der Waals surface area contributed by atoms with Crippen molar-refractivity contribution in [2.45, 2.75) is 33.1 Å². The van der Waals surface area contributed by atoms with Crippen LogP contribution in [0.4, 0.5) is 5.69 Å². The van der Waals surface area contributed by atoms with Crippen LogP contribution in [-0.4, -0.2) is 17.5 Å². The van der Waals surface area contributed by atoms with Crippen molar-refractivity contribution in [3.8, 4) is 5.75 Å². The molecule has 0 saturated heterocycles. The molecular formula is C17H20N2O2S. The monoisotopic (exact) mass is 316 g/mol. The topological polar surface area (TPSA) is 51.2 Å². The molecule has 0 fully saturated rings. The van der Waals surface area contributed by atoms with Crippen molar-refractivity contribution < 1.29 is 9.53 Å². The normalized spacial score (nSPS) is 16.9. The standard InChI is InChI=1S/C17H20N2O2S/c1-3-21-15-7-5-4-6-13(15)19-17(20)12-8-9-14-16(10-12)22-11(2)18-14/h4-7,12H,3,8-10H2,1-2H3,(H,19,20). The van der Waals surface area contributed by atoms with Crippen molar-refractivity contribution in [3.05, 3.63) is 39.8 Å². The number of rotatable bonds is 4. The van der Waals surface area contributed by atoms with Gasteiger partial charge in [0.1, 0.15) is 5.75 Å². The predicted molar refractivity (Wildman–Crippen MR) is 88.6 cm³/mol. The van der Waals surface area contributed by atoms with Crippen LogP contribution in [0.25, 0.3) is 0 Å². The van der Waals surface area contributed by atoms with Gasteiger partial charge in [-0.2, -0.15) is 0 Å². The number of aryl methyl sites for hydroxylation is 2. The lowest BCUT2D eigenvalue weighted by Gasteiger charge is -2.21. The lowest BCUT2D eigenvalue weighted by molar-refractivity contribution is -0.120. The molecule has 4 nitrogen and oxygen atoms in total. The first-order valence-corrected chi connectivity index (χ1v) is 8.47. The van der Waals surface area contributed by atoms with Gasteiger partial charge < -0.3 is 10.1 Å². The van der Waals surface area contributed by atoms with Crippen molar-refractivity contribution in [1.82, 2.24) is 4.98 Å². The molecular weight excluding hydrogens is 296 g/mol. The number of hydrogen-bond acceptors (Lipinski definition) is 4. The molecule has 2 aromatic rings. The summed E-state index contributed by atoms with van der Waals surface area (Å²) < 4.78 is 5.56. The molecule has 0 radical (unpaired) electrons. The number of para-hydroxylation sites is 2. The number of ether oxygens (including phenoxy) is 1. The molecule has 1 aliphatic carbocycles. The fourth-order valence-electron chi connectivity index (χ4n) is 2.81. The number of nitrogens with one attached hydrogen (secondary N) is 1. The summed E-state index contributed by atoms with van der Waals surface area (Å²) in [7, 11) is 0. The highest BCUT2D eigenvalue weighted by molar-refractivity contribution is 7.11. The molecule has 0 bridgehead atoms. The van der Waals surface area contributed by atoms with Gasteiger partial charge in [0.2, 0.25) is 5.91 Å². The molecule has 1 unspecified atom stereocenters. The lowest BCUT2D eigenvalue weighted by Crippen LogP contribution is -2.27. The highest BCUT2D eigenvalue weighted by Gasteiger charge is 2.27. The summed E-state index contributed by atoms with van der Waals surface area (Å²) in [6, 6.07) is 7.58. The van der Waals surface area contributed by atoms with E-state index in [4.69, 9.17) is 4.74 Å². The first-order chi connectivity index (χ1) is 10.7. The van der Waals surface area contributed by atoms with Gasteiger partial charge in [0.25, 0.3) is 0 Å². The minimum Gasteiger partial charge on any atom is -0.492 e. The van der Waals surface area contributed by atoms with E-state index in [1.54, 1.807) is 11.3 Å². The first kappa shape index (κ1) is 15.0. The number of fused-ring (bicyclic) bond motifs is 1. The number of thiazole rings is 1. The Bertz CT molecular complexity index is 681. The molecule has 1 atom stereocenters. The molecule has 3 rings (SSSR count). The van der Waals surface area contributed by atoms with Crippen LogP contribution in [0, 0.1) is 12.8 Å². The van der Waals surface area contributed by atoms with Crippen molar-refractivity contribution in [3.63, 3.8) is 0 Å². The van der Waals surface area contributed by atoms with Crippen LogP contribution in [-0.2, 0) is 17.6 Å². The number of nitrogens with zero attached hydrogens (tertiary/aromatic N) is 1. The van der Waals surface area contributed by atoms with E-state index in [2.05, 4.69) is 10.3 Å². The largest absolute Gasteiger partial charge is 0.492 e. The molecule has 0 spiro atoms. The molecule has 1 aromatic carbocycles. The summed E-state index contributed by atoms with van der Waals surface area (Å²) >= 11 is 1.71. The van der Waals surface area contributed by atoms with E-state index in [1.165, 1.54) is 10.6 Å². The number of aromatic nitrogens is 1. The number of anilines is 1. The summed E-state index contributed by atoms with van der Waals surface area (Å²) in [5.41, 5.74) is 1.93. The zero-order chi connectivity index (χ0) is 15.5. The van der Waals surface area contributed by atoms with Crippen LogP contribution in [0.3, 0.4) is 0 Å². The van der Waals surface area contributed by atoms with Crippen molar-refractivity contribution in [2.24, 2.45) is 5.92 Å². The molecule has 1 amide bonds. The molecule has 1 aliphatic rings. The van der Waals surface area contributed by atoms with Crippen molar-refractivity contribution >= 4 is 22.9 Å². The third kappa shape index (κ3) is 3.14. The number of amides is 1. The third-order valence-corrected chi connectivity index (χ3v) is 4.90. The molecule has 0 aliphatic heterocycles. The van der Waals surface area contributed by atoms with E-state index >= 15 is 0 Å². The summed E-state index contributed by atoms with van der Waals surface area (Å²) in [6.45, 7) is 4.55. The van der Waals surface area contributed by atoms with E-state index in [0.29, 0.717) is 6.61 Å². The minimum absolute atomic E-state index is 0.0158. The van der Waals surface area contributed by atoms with E-state index < -0.39 is 0 Å². The van der Waals surface area contributed by atoms with E-state index in [-0.39, 0.29) is 11.8 Å². The van der Waals surface area contributed by atoms with Crippen LogP contribution in [0.1, 0.15) is 28.9 Å². The summed E-state index contributed by atoms with van der Waals surface area (Å²) in [6.07, 6.45) is 2.55. The quantitative estimate of drug-likeness (QED) is 0.938. The Labute approximate surface area is 134 Å². The maximum Gasteiger partial charge on any atom is 0.227 e. The third-order valence-electron chi connectivity index (χ3n) is 3.86. The molecule has 1 aromatic heterocycles. The van der Waals surface area contributed by atoms with Gasteiger partial charge in [0.05, 0.1) is 23.0 Å². The highest BCUT2D eigenvalue weighted by Crippen LogP contribution is 2.31. The van der Waals surface area contributed by atoms with Crippen LogP contribution in [0.5, 0.6) is 5.75 Å². The van der Waals surface area contributed by atoms with Gasteiger partial charge in [-0.25, -0.2) is 4.98 Å². The maximum atomic E-state index is 12.6. The second kappa shape index (κ2) is 6.48. The molecule has 5 heteroatoms. The molecule has 116 valence electrons. The average molecular weight is 316 g/mol. The van der Waals surface area contributed by atoms with Gasteiger partial charge in [-0.1, -0.05) is 12.1 Å². The van der Waals surface area contributed by atoms with Gasteiger partial charge in [0.15, 0.2) is 0 Å². The minimum atomic E-state index is 0.0158. The molecule has 1 heterocycles. The second-order valence-electron chi connectivity index (χ2n) is 5.46. The van der Waals surface area contributed by atoms with Gasteiger partial charge in [0, 0.05) is 10.8 Å². The van der Waals surface area contributed by atoms with Crippen LogP contribution in [0.15, 0.2) is 24.3 Å². The fraction of sp³-hybridized carbons (Fsp3) is 0.412. The average Bonchev–Trinajstić information content (AvgIpc) is 2.88. The van der Waals surface area contributed by atoms with Crippen molar-refractivity contribution in [2.75, 3.05) is 11.9 Å². The Morgan fingerprint density at radius 2 is 2.27 bits per heavy atom. The van der Waals surface area contributed by atoms with Gasteiger partial charge >= 0.3 is 0 Å². The van der Waals surface area contributed by atoms with Gasteiger partial charge in [-0.3, -0.25) is 4.79 Å². The van der Waals surface area contributed by atoms with Gasteiger partial charge in [-0.05, 0) is 45.2 Å². The fourth-order valence-corrected chi connectivity index (χ4v) is 3.88. The maximum absolute atomic E-state index is 12.6. The molecule has 1 N–H and O–H groups in total. The second-order valence-corrected chi connectivity index (χ2v) is 6.75. The van der Waals surface area contributed by atoms with Crippen LogP contribution < -0.4 is 10.1 Å². The van der Waals surface area contributed by atoms with E-state index in [1.807, 2.05) is 38.1 Å². The Morgan fingerprint density at radius 1 is 1.45 bits per heavy atom.